The van der Waals surface area contributed by atoms with E-state index in [1.807, 2.05) is 13.1 Å². The zero-order valence-electron chi connectivity index (χ0n) is 14.3. The Morgan fingerprint density at radius 3 is 2.75 bits per heavy atom. The van der Waals surface area contributed by atoms with Gasteiger partial charge in [-0.2, -0.15) is 0 Å². The number of aromatic nitrogens is 2. The molecule has 8 nitrogen and oxygen atoms in total. The van der Waals surface area contributed by atoms with Crippen molar-refractivity contribution in [3.8, 4) is 0 Å². The van der Waals surface area contributed by atoms with Crippen LogP contribution in [0.2, 0.25) is 0 Å². The molecule has 8 heteroatoms. The Balaban J connectivity index is 1.66. The highest BCUT2D eigenvalue weighted by molar-refractivity contribution is 6.08. The highest BCUT2D eigenvalue weighted by Gasteiger charge is 2.45. The van der Waals surface area contributed by atoms with Crippen LogP contribution < -0.4 is 5.32 Å². The second kappa shape index (κ2) is 5.92. The molecule has 1 aromatic rings. The molecule has 2 aliphatic heterocycles. The van der Waals surface area contributed by atoms with Crippen LogP contribution in [0.3, 0.4) is 0 Å². The highest BCUT2D eigenvalue weighted by atomic mass is 16.2. The SMILES string of the molecule is Cc1nccn1[C@@H]1CCCN(C(=O)CN2C(=O)NC(C)(C)C2=O)C1. The van der Waals surface area contributed by atoms with Crippen LogP contribution >= 0.6 is 0 Å². The van der Waals surface area contributed by atoms with Crippen molar-refractivity contribution in [2.75, 3.05) is 19.6 Å². The van der Waals surface area contributed by atoms with Crippen molar-refractivity contribution >= 4 is 17.8 Å². The molecule has 0 saturated carbocycles. The molecule has 1 atom stereocenters. The van der Waals surface area contributed by atoms with Crippen molar-refractivity contribution in [2.45, 2.75) is 45.2 Å². The van der Waals surface area contributed by atoms with Crippen LogP contribution in [0.5, 0.6) is 0 Å². The summed E-state index contributed by atoms with van der Waals surface area (Å²) in [6.45, 7) is 6.23. The minimum Gasteiger partial charge on any atom is -0.339 e. The van der Waals surface area contributed by atoms with Crippen LogP contribution in [0.25, 0.3) is 0 Å². The van der Waals surface area contributed by atoms with Crippen molar-refractivity contribution < 1.29 is 14.4 Å². The monoisotopic (exact) mass is 333 g/mol. The third kappa shape index (κ3) is 2.88. The lowest BCUT2D eigenvalue weighted by molar-refractivity contribution is -0.139. The van der Waals surface area contributed by atoms with Crippen LogP contribution in [0, 0.1) is 6.92 Å². The van der Waals surface area contributed by atoms with Gasteiger partial charge in [-0.05, 0) is 33.6 Å². The van der Waals surface area contributed by atoms with Gasteiger partial charge in [-0.15, -0.1) is 0 Å². The fourth-order valence-electron chi connectivity index (χ4n) is 3.38. The van der Waals surface area contributed by atoms with E-state index >= 15 is 0 Å². The van der Waals surface area contributed by atoms with E-state index in [9.17, 15) is 14.4 Å². The van der Waals surface area contributed by atoms with Crippen molar-refractivity contribution in [1.29, 1.82) is 0 Å². The molecule has 3 heterocycles. The predicted molar refractivity (Wildman–Crippen MR) is 86.1 cm³/mol. The Kier molecular flexibility index (Phi) is 4.06. The number of piperidine rings is 1. The number of rotatable bonds is 3. The summed E-state index contributed by atoms with van der Waals surface area (Å²) in [4.78, 5) is 43.7. The molecule has 0 radical (unpaired) electrons. The number of hydrogen-bond acceptors (Lipinski definition) is 4. The molecule has 1 aromatic heterocycles. The quantitative estimate of drug-likeness (QED) is 0.824. The summed E-state index contributed by atoms with van der Waals surface area (Å²) in [5.74, 6) is 0.365. The molecule has 3 rings (SSSR count). The highest BCUT2D eigenvalue weighted by Crippen LogP contribution is 2.23. The average Bonchev–Trinajstić information content (AvgIpc) is 3.04. The molecule has 0 aliphatic carbocycles. The van der Waals surface area contributed by atoms with Gasteiger partial charge in [0.2, 0.25) is 5.91 Å². The van der Waals surface area contributed by atoms with Crippen LogP contribution in [0.4, 0.5) is 4.79 Å². The summed E-state index contributed by atoms with van der Waals surface area (Å²) < 4.78 is 2.08. The number of nitrogens with one attached hydrogen (secondary N) is 1. The first-order chi connectivity index (χ1) is 11.3. The number of carbonyl (C=O) groups is 3. The molecule has 0 aromatic carbocycles. The number of carbonyl (C=O) groups excluding carboxylic acids is 3. The van der Waals surface area contributed by atoms with Gasteiger partial charge >= 0.3 is 6.03 Å². The molecule has 130 valence electrons. The number of amides is 4. The number of imidazole rings is 1. The van der Waals surface area contributed by atoms with Gasteiger partial charge in [0.15, 0.2) is 0 Å². The molecule has 0 bridgehead atoms. The first kappa shape index (κ1) is 16.5. The van der Waals surface area contributed by atoms with Crippen molar-refractivity contribution in [3.63, 3.8) is 0 Å². The second-order valence-corrected chi connectivity index (χ2v) is 6.96. The fourth-order valence-corrected chi connectivity index (χ4v) is 3.38. The zero-order valence-corrected chi connectivity index (χ0v) is 14.3. The number of imide groups is 1. The maximum atomic E-state index is 12.6. The molecule has 4 amide bonds. The van der Waals surface area contributed by atoms with Gasteiger partial charge in [0.25, 0.3) is 5.91 Å². The summed E-state index contributed by atoms with van der Waals surface area (Å²) in [6.07, 6.45) is 5.55. The van der Waals surface area contributed by atoms with Crippen molar-refractivity contribution in [3.05, 3.63) is 18.2 Å². The smallest absolute Gasteiger partial charge is 0.325 e. The van der Waals surface area contributed by atoms with E-state index in [4.69, 9.17) is 0 Å². The number of hydrogen-bond donors (Lipinski definition) is 1. The van der Waals surface area contributed by atoms with Crippen LogP contribution in [-0.2, 0) is 9.59 Å². The van der Waals surface area contributed by atoms with Crippen molar-refractivity contribution in [1.82, 2.24) is 24.7 Å². The molecule has 0 unspecified atom stereocenters. The Hall–Kier alpha value is -2.38. The molecule has 2 aliphatic rings. The maximum absolute atomic E-state index is 12.6. The molecular weight excluding hydrogens is 310 g/mol. The summed E-state index contributed by atoms with van der Waals surface area (Å²) in [6, 6.07) is -0.317. The van der Waals surface area contributed by atoms with Gasteiger partial charge in [-0.1, -0.05) is 0 Å². The first-order valence-corrected chi connectivity index (χ1v) is 8.21. The number of nitrogens with zero attached hydrogens (tertiary/aromatic N) is 4. The molecule has 0 spiro atoms. The van der Waals surface area contributed by atoms with Gasteiger partial charge < -0.3 is 14.8 Å². The van der Waals surface area contributed by atoms with Crippen LogP contribution in [0.15, 0.2) is 12.4 Å². The third-order valence-corrected chi connectivity index (χ3v) is 4.74. The minimum absolute atomic E-state index is 0.185. The molecule has 2 saturated heterocycles. The summed E-state index contributed by atoms with van der Waals surface area (Å²) in [5, 5.41) is 2.59. The van der Waals surface area contributed by atoms with Crippen LogP contribution in [-0.4, -0.2) is 62.4 Å². The van der Waals surface area contributed by atoms with Gasteiger partial charge in [0.05, 0.1) is 6.04 Å². The Morgan fingerprint density at radius 1 is 1.42 bits per heavy atom. The fraction of sp³-hybridized carbons (Fsp3) is 0.625. The normalized spacial score (nSPS) is 23.5. The molecule has 2 fully saturated rings. The first-order valence-electron chi connectivity index (χ1n) is 8.21. The minimum atomic E-state index is -0.949. The lowest BCUT2D eigenvalue weighted by atomic mass is 10.0. The Morgan fingerprint density at radius 2 is 2.17 bits per heavy atom. The number of aryl methyl sites for hydroxylation is 1. The van der Waals surface area contributed by atoms with Crippen LogP contribution in [0.1, 0.15) is 38.6 Å². The van der Waals surface area contributed by atoms with E-state index in [0.29, 0.717) is 13.1 Å². The average molecular weight is 333 g/mol. The summed E-state index contributed by atoms with van der Waals surface area (Å²) in [7, 11) is 0. The molecule has 24 heavy (non-hydrogen) atoms. The van der Waals surface area contributed by atoms with E-state index in [-0.39, 0.29) is 24.4 Å². The Labute approximate surface area is 140 Å². The summed E-state index contributed by atoms with van der Waals surface area (Å²) in [5.41, 5.74) is -0.949. The number of urea groups is 1. The van der Waals surface area contributed by atoms with Crippen molar-refractivity contribution in [2.24, 2.45) is 0 Å². The lowest BCUT2D eigenvalue weighted by Gasteiger charge is -2.34. The topological polar surface area (TPSA) is 87.5 Å². The lowest BCUT2D eigenvalue weighted by Crippen LogP contribution is -2.47. The maximum Gasteiger partial charge on any atom is 0.325 e. The molecular formula is C16H23N5O3. The van der Waals surface area contributed by atoms with E-state index in [1.165, 1.54) is 0 Å². The molecule has 1 N–H and O–H groups in total. The standard InChI is InChI=1S/C16H23N5O3/c1-11-17-6-8-20(11)12-5-4-7-19(9-12)13(22)10-21-14(23)16(2,3)18-15(21)24/h6,8,12H,4-5,7,9-10H2,1-3H3,(H,18,24)/t12-/m1/s1. The van der Waals surface area contributed by atoms with Gasteiger partial charge in [0.1, 0.15) is 17.9 Å². The predicted octanol–water partition coefficient (Wildman–Crippen LogP) is 0.685. The van der Waals surface area contributed by atoms with E-state index < -0.39 is 11.6 Å². The third-order valence-electron chi connectivity index (χ3n) is 4.74. The van der Waals surface area contributed by atoms with Gasteiger partial charge in [0, 0.05) is 25.5 Å². The largest absolute Gasteiger partial charge is 0.339 e. The van der Waals surface area contributed by atoms with E-state index in [0.717, 1.165) is 23.6 Å². The van der Waals surface area contributed by atoms with Gasteiger partial charge in [-0.3, -0.25) is 14.5 Å². The van der Waals surface area contributed by atoms with E-state index in [1.54, 1.807) is 24.9 Å². The summed E-state index contributed by atoms with van der Waals surface area (Å²) >= 11 is 0. The zero-order chi connectivity index (χ0) is 17.5. The second-order valence-electron chi connectivity index (χ2n) is 6.96. The number of likely N-dealkylation sites (tertiary alicyclic amines) is 1. The van der Waals surface area contributed by atoms with E-state index in [2.05, 4.69) is 14.9 Å². The van der Waals surface area contributed by atoms with Gasteiger partial charge in [-0.25, -0.2) is 9.78 Å². The Bertz CT molecular complexity index is 681.